The maximum Gasteiger partial charge on any atom is 0.407 e. The van der Waals surface area contributed by atoms with Crippen molar-refractivity contribution in [1.29, 1.82) is 0 Å². The quantitative estimate of drug-likeness (QED) is 0.0878. The second-order valence-electron chi connectivity index (χ2n) is 21.5. The number of H-pyrrole nitrogens is 2. The number of aromatic nitrogens is 4. The number of nitrogens with one attached hydrogen (secondary N) is 3. The number of nitrogens with zero attached hydrogens (tertiary/aromatic N) is 7. The molecule has 0 saturated carbocycles. The number of likely N-dealkylation sites (tertiary alicyclic amines) is 2. The zero-order valence-corrected chi connectivity index (χ0v) is 42.6. The van der Waals surface area contributed by atoms with Crippen LogP contribution < -0.4 is 15.1 Å². The normalized spacial score (nSPS) is 23.3. The summed E-state index contributed by atoms with van der Waals surface area (Å²) >= 11 is 0. The monoisotopic (exact) mass is 1010 g/mol. The van der Waals surface area contributed by atoms with Crippen molar-refractivity contribution in [3.05, 3.63) is 82.4 Å². The van der Waals surface area contributed by atoms with Crippen molar-refractivity contribution in [2.24, 2.45) is 23.7 Å². The molecule has 4 saturated heterocycles. The molecule has 0 aliphatic carbocycles. The lowest BCUT2D eigenvalue weighted by Gasteiger charge is -2.38. The van der Waals surface area contributed by atoms with Gasteiger partial charge in [0, 0.05) is 62.2 Å². The van der Waals surface area contributed by atoms with E-state index in [0.717, 1.165) is 11.3 Å². The van der Waals surface area contributed by atoms with Gasteiger partial charge < -0.3 is 44.7 Å². The van der Waals surface area contributed by atoms with Gasteiger partial charge in [0.15, 0.2) is 11.6 Å². The lowest BCUT2D eigenvalue weighted by atomic mass is 9.91. The summed E-state index contributed by atoms with van der Waals surface area (Å²) in [5, 5.41) is 12.4. The van der Waals surface area contributed by atoms with Gasteiger partial charge in [-0.15, -0.1) is 0 Å². The van der Waals surface area contributed by atoms with E-state index in [9.17, 15) is 24.3 Å². The maximum atomic E-state index is 16.9. The van der Waals surface area contributed by atoms with Crippen molar-refractivity contribution in [3.63, 3.8) is 0 Å². The van der Waals surface area contributed by atoms with Gasteiger partial charge in [-0.3, -0.25) is 14.5 Å². The summed E-state index contributed by atoms with van der Waals surface area (Å²) in [6.07, 6.45) is 1.93. The molecule has 0 bridgehead atoms. The average Bonchev–Trinajstić information content (AvgIpc) is 4.19. The number of rotatable bonds is 12. The van der Waals surface area contributed by atoms with E-state index in [4.69, 9.17) is 14.7 Å². The minimum Gasteiger partial charge on any atom is -0.465 e. The summed E-state index contributed by atoms with van der Waals surface area (Å²) in [4.78, 5) is 76.0. The Balaban J connectivity index is 1.08. The largest absolute Gasteiger partial charge is 0.465 e. The first-order valence-electron chi connectivity index (χ1n) is 25.6. The Labute approximate surface area is 421 Å². The standard InChI is InChI=1S/C53H66F4N10O6/c1-26(2)45(62-52(70)73-8)50(68)65-15-9-11-43(65)48-58-37-20-31(33(54)22-39(37)60-48)41-13-14-42(67(41)30-18-35(56)47(36(57)19-30)64-24-28(5)17-29(6)25-64)32-21-38-40(23-34(32)55)61-49(59-38)44-12-10-16-66(44)51(69)46(27(3)4)63(7)53(71)72/h18-23,26-29,41-46H,9-17,24-25H2,1-8H3,(H,58,60)(H,59,61)(H,62,70)(H,71,72)/t28?,29?,41-,42?,43+,44+,45+,46+/m1/s1. The lowest BCUT2D eigenvalue weighted by molar-refractivity contribution is -0.138. The third kappa shape index (κ3) is 9.73. The number of alkyl carbamates (subject to hydrolysis) is 1. The van der Waals surface area contributed by atoms with Gasteiger partial charge in [0.2, 0.25) is 11.8 Å². The van der Waals surface area contributed by atoms with E-state index >= 15 is 17.6 Å². The number of carbonyl (C=O) groups is 4. The van der Waals surface area contributed by atoms with Gasteiger partial charge in [-0.05, 0) is 92.9 Å². The molecule has 4 fully saturated rings. The Morgan fingerprint density at radius 3 is 1.66 bits per heavy atom. The number of benzene rings is 3. The van der Waals surface area contributed by atoms with Crippen molar-refractivity contribution in [1.82, 2.24) is 40.0 Å². The molecule has 4 amide bonds. The second kappa shape index (κ2) is 20.4. The van der Waals surface area contributed by atoms with E-state index in [-0.39, 0.29) is 70.8 Å². The molecule has 16 nitrogen and oxygen atoms in total. The fraction of sp³-hybridized carbons (Fsp3) is 0.547. The zero-order valence-electron chi connectivity index (χ0n) is 42.6. The number of ether oxygens (including phenoxy) is 1. The number of piperidine rings is 1. The average molecular weight is 1020 g/mol. The van der Waals surface area contributed by atoms with E-state index < -0.39 is 71.7 Å². The summed E-state index contributed by atoms with van der Waals surface area (Å²) in [5.74, 6) is -2.78. The number of imidazole rings is 2. The van der Waals surface area contributed by atoms with Gasteiger partial charge in [0.25, 0.3) is 0 Å². The van der Waals surface area contributed by atoms with E-state index in [1.54, 1.807) is 45.6 Å². The van der Waals surface area contributed by atoms with Crippen molar-refractivity contribution < 1.29 is 46.6 Å². The summed E-state index contributed by atoms with van der Waals surface area (Å²) in [6.45, 7) is 13.1. The number of carboxylic acid groups (broad SMARTS) is 1. The summed E-state index contributed by atoms with van der Waals surface area (Å²) in [7, 11) is 2.60. The van der Waals surface area contributed by atoms with Crippen molar-refractivity contribution >= 4 is 57.4 Å². The maximum absolute atomic E-state index is 16.9. The number of halogens is 4. The highest BCUT2D eigenvalue weighted by Gasteiger charge is 2.43. The van der Waals surface area contributed by atoms with Gasteiger partial charge in [-0.25, -0.2) is 37.1 Å². The molecule has 4 N–H and O–H groups in total. The van der Waals surface area contributed by atoms with Gasteiger partial charge >= 0.3 is 12.2 Å². The van der Waals surface area contributed by atoms with Crippen LogP contribution in [0.2, 0.25) is 0 Å². The smallest absolute Gasteiger partial charge is 0.407 e. The molecular formula is C53H66F4N10O6. The van der Waals surface area contributed by atoms with E-state index in [2.05, 4.69) is 29.1 Å². The summed E-state index contributed by atoms with van der Waals surface area (Å²) in [5.41, 5.74) is 1.86. The SMILES string of the molecule is COC(=O)N[C@H](C(=O)N1CCC[C@H]1c1nc2cc(F)c([C@H]3CCC(c4cc5[nH]c([C@@H]6CCCN6C(=O)[C@H](C(C)C)N(C)C(=O)O)nc5cc4F)N3c3cc(F)c(N4CC(C)CC(C)C4)c(F)c3)cc2[nH]1)C(C)C. The predicted molar refractivity (Wildman–Crippen MR) is 267 cm³/mol. The molecule has 5 aromatic rings. The van der Waals surface area contributed by atoms with Crippen LogP contribution in [0.25, 0.3) is 22.1 Å². The number of aromatic amines is 2. The second-order valence-corrected chi connectivity index (χ2v) is 21.5. The number of amides is 4. The van der Waals surface area contributed by atoms with Crippen molar-refractivity contribution in [2.75, 3.05) is 50.1 Å². The van der Waals surface area contributed by atoms with Crippen LogP contribution in [-0.4, -0.2) is 116 Å². The van der Waals surface area contributed by atoms with Gasteiger partial charge in [0.1, 0.15) is 41.1 Å². The molecule has 2 aromatic heterocycles. The molecule has 20 heteroatoms. The number of fused-ring (bicyclic) bond motifs is 2. The number of methoxy groups -OCH3 is 1. The summed E-state index contributed by atoms with van der Waals surface area (Å²) < 4.78 is 71.9. The number of anilines is 2. The fourth-order valence-electron chi connectivity index (χ4n) is 12.3. The van der Waals surface area contributed by atoms with E-state index in [1.165, 1.54) is 38.4 Å². The van der Waals surface area contributed by atoms with E-state index in [0.29, 0.717) is 85.6 Å². The number of hydrogen-bond donors (Lipinski definition) is 4. The number of likely N-dealkylation sites (N-methyl/N-ethyl adjacent to an activating group) is 1. The van der Waals surface area contributed by atoms with E-state index in [1.807, 2.05) is 13.8 Å². The highest BCUT2D eigenvalue weighted by atomic mass is 19.1. The molecule has 6 heterocycles. The van der Waals surface area contributed by atoms with Crippen LogP contribution in [0.15, 0.2) is 36.4 Å². The summed E-state index contributed by atoms with van der Waals surface area (Å²) in [6, 6.07) is 3.85. The number of hydrogen-bond acceptors (Lipinski definition) is 9. The lowest BCUT2D eigenvalue weighted by Crippen LogP contribution is -2.51. The van der Waals surface area contributed by atoms with Crippen molar-refractivity contribution in [2.45, 2.75) is 123 Å². The molecule has 73 heavy (non-hydrogen) atoms. The van der Waals surface area contributed by atoms with Gasteiger partial charge in [-0.2, -0.15) is 0 Å². The molecule has 0 spiro atoms. The van der Waals surface area contributed by atoms with Crippen LogP contribution in [0.5, 0.6) is 0 Å². The Kier molecular flexibility index (Phi) is 14.3. The number of carbonyl (C=O) groups excluding carboxylic acids is 3. The zero-order chi connectivity index (χ0) is 52.3. The van der Waals surface area contributed by atoms with Crippen LogP contribution in [0, 0.1) is 46.9 Å². The fourth-order valence-corrected chi connectivity index (χ4v) is 12.3. The predicted octanol–water partition coefficient (Wildman–Crippen LogP) is 9.90. The minimum atomic E-state index is -1.22. The Bertz CT molecular complexity index is 2890. The molecule has 392 valence electrons. The molecular weight excluding hydrogens is 949 g/mol. The third-order valence-corrected chi connectivity index (χ3v) is 15.5. The molecule has 3 unspecified atom stereocenters. The molecule has 8 atom stereocenters. The third-order valence-electron chi connectivity index (χ3n) is 15.5. The Hall–Kier alpha value is -6.60. The molecule has 0 radical (unpaired) electrons. The molecule has 3 aromatic carbocycles. The van der Waals surface area contributed by atoms with Gasteiger partial charge in [0.05, 0.1) is 53.3 Å². The Morgan fingerprint density at radius 1 is 0.712 bits per heavy atom. The van der Waals surface area contributed by atoms with Gasteiger partial charge in [-0.1, -0.05) is 41.5 Å². The van der Waals surface area contributed by atoms with Crippen LogP contribution in [-0.2, 0) is 14.3 Å². The molecule has 4 aliphatic rings. The topological polar surface area (TPSA) is 183 Å². The van der Waals surface area contributed by atoms with Crippen LogP contribution in [0.1, 0.15) is 133 Å². The molecule has 4 aliphatic heterocycles. The van der Waals surface area contributed by atoms with Crippen LogP contribution in [0.3, 0.4) is 0 Å². The van der Waals surface area contributed by atoms with Crippen molar-refractivity contribution in [3.8, 4) is 0 Å². The first-order chi connectivity index (χ1) is 34.7. The minimum absolute atomic E-state index is 0.102. The molecule has 9 rings (SSSR count). The first kappa shape index (κ1) is 51.3. The highest BCUT2D eigenvalue weighted by Crippen LogP contribution is 2.50. The van der Waals surface area contributed by atoms with Crippen LogP contribution >= 0.6 is 0 Å². The Morgan fingerprint density at radius 2 is 1.21 bits per heavy atom. The first-order valence-corrected chi connectivity index (χ1v) is 25.6. The highest BCUT2D eigenvalue weighted by molar-refractivity contribution is 5.87. The van der Waals surface area contributed by atoms with Crippen LogP contribution in [0.4, 0.5) is 38.5 Å².